The second kappa shape index (κ2) is 8.12. The highest BCUT2D eigenvalue weighted by Crippen LogP contribution is 2.27. The molecular weight excluding hydrogens is 407 g/mol. The lowest BCUT2D eigenvalue weighted by Gasteiger charge is -2.16. The van der Waals surface area contributed by atoms with Crippen LogP contribution in [0.5, 0.6) is 0 Å². The van der Waals surface area contributed by atoms with E-state index in [1.807, 2.05) is 0 Å². The summed E-state index contributed by atoms with van der Waals surface area (Å²) in [6, 6.07) is 4.23. The molecule has 0 unspecified atom stereocenters. The standard InChI is InChI=1S/C13H18BrFN4O4S/c1-2-17-24(21,22)7-3-6-16-13-9-18(23-19(13)20)10-4-5-12(15)11(14)8-10/h4-5,8-9,16-17,20H,2-3,6-7H2,1H3. The van der Waals surface area contributed by atoms with Crippen LogP contribution in [0.4, 0.5) is 10.1 Å². The molecule has 1 aliphatic heterocycles. The number of nitrogens with one attached hydrogen (secondary N) is 2. The van der Waals surface area contributed by atoms with E-state index in [1.54, 1.807) is 6.92 Å². The molecule has 1 heterocycles. The maximum absolute atomic E-state index is 13.2. The quantitative estimate of drug-likeness (QED) is 0.546. The Balaban J connectivity index is 1.90. The van der Waals surface area contributed by atoms with Crippen LogP contribution in [-0.4, -0.2) is 37.7 Å². The van der Waals surface area contributed by atoms with Gasteiger partial charge in [0.25, 0.3) is 0 Å². The van der Waals surface area contributed by atoms with Crippen LogP contribution in [0.3, 0.4) is 0 Å². The molecule has 8 nitrogen and oxygen atoms in total. The molecule has 134 valence electrons. The zero-order valence-corrected chi connectivity index (χ0v) is 15.3. The van der Waals surface area contributed by atoms with Crippen molar-refractivity contribution in [2.75, 3.05) is 23.9 Å². The Morgan fingerprint density at radius 2 is 2.17 bits per heavy atom. The monoisotopic (exact) mass is 424 g/mol. The van der Waals surface area contributed by atoms with Gasteiger partial charge >= 0.3 is 0 Å². The normalized spacial score (nSPS) is 14.9. The number of benzene rings is 1. The van der Waals surface area contributed by atoms with Crippen molar-refractivity contribution in [3.05, 3.63) is 40.5 Å². The Kier molecular flexibility index (Phi) is 6.40. The van der Waals surface area contributed by atoms with E-state index in [-0.39, 0.29) is 16.0 Å². The maximum Gasteiger partial charge on any atom is 0.211 e. The average Bonchev–Trinajstić information content (AvgIpc) is 2.87. The van der Waals surface area contributed by atoms with Gasteiger partial charge in [0.1, 0.15) is 5.82 Å². The first-order valence-corrected chi connectivity index (χ1v) is 9.61. The average molecular weight is 425 g/mol. The van der Waals surface area contributed by atoms with Gasteiger partial charge < -0.3 is 5.32 Å². The summed E-state index contributed by atoms with van der Waals surface area (Å²) < 4.78 is 38.9. The minimum atomic E-state index is -3.27. The summed E-state index contributed by atoms with van der Waals surface area (Å²) in [5, 5.41) is 14.3. The molecule has 2 rings (SSSR count). The molecule has 1 aromatic rings. The van der Waals surface area contributed by atoms with Gasteiger partial charge in [0, 0.05) is 13.1 Å². The summed E-state index contributed by atoms with van der Waals surface area (Å²) in [7, 11) is -3.27. The largest absolute Gasteiger partial charge is 0.366 e. The molecular formula is C13H18BrFN4O4S. The van der Waals surface area contributed by atoms with Crippen molar-refractivity contribution in [3.8, 4) is 0 Å². The van der Waals surface area contributed by atoms with Crippen LogP contribution in [0.15, 0.2) is 34.7 Å². The Morgan fingerprint density at radius 3 is 2.83 bits per heavy atom. The smallest absolute Gasteiger partial charge is 0.211 e. The van der Waals surface area contributed by atoms with Crippen LogP contribution in [-0.2, 0) is 15.0 Å². The van der Waals surface area contributed by atoms with Crippen molar-refractivity contribution in [1.82, 2.24) is 15.3 Å². The lowest BCUT2D eigenvalue weighted by molar-refractivity contribution is -0.306. The van der Waals surface area contributed by atoms with Crippen LogP contribution < -0.4 is 15.1 Å². The summed E-state index contributed by atoms with van der Waals surface area (Å²) in [6.45, 7) is 2.38. The molecule has 1 aromatic carbocycles. The van der Waals surface area contributed by atoms with Gasteiger partial charge in [-0.15, -0.1) is 4.94 Å². The molecule has 0 bridgehead atoms. The molecule has 0 amide bonds. The summed E-state index contributed by atoms with van der Waals surface area (Å²) in [4.78, 5) is 5.08. The van der Waals surface area contributed by atoms with E-state index < -0.39 is 15.8 Å². The third-order valence-corrected chi connectivity index (χ3v) is 5.19. The number of hydrogen-bond acceptors (Lipinski definition) is 7. The molecule has 1 aliphatic rings. The Morgan fingerprint density at radius 1 is 1.42 bits per heavy atom. The predicted molar refractivity (Wildman–Crippen MR) is 89.5 cm³/mol. The Hall–Kier alpha value is -1.40. The maximum atomic E-state index is 13.2. The van der Waals surface area contributed by atoms with Crippen LogP contribution in [0.25, 0.3) is 0 Å². The molecule has 0 saturated carbocycles. The summed E-state index contributed by atoms with van der Waals surface area (Å²) in [6.07, 6.45) is 1.81. The SMILES string of the molecule is CCNS(=O)(=O)CCCNC1=CN(c2ccc(F)c(Br)c2)ON1O. The van der Waals surface area contributed by atoms with Gasteiger partial charge in [0.2, 0.25) is 10.0 Å². The van der Waals surface area contributed by atoms with E-state index in [1.165, 1.54) is 29.5 Å². The van der Waals surface area contributed by atoms with Gasteiger partial charge in [-0.2, -0.15) is 5.06 Å². The van der Waals surface area contributed by atoms with Crippen molar-refractivity contribution < 1.29 is 23.0 Å². The number of hydroxylamine groups is 3. The first-order chi connectivity index (χ1) is 11.3. The Labute approximate surface area is 147 Å². The fourth-order valence-corrected chi connectivity index (χ4v) is 3.41. The molecule has 0 aromatic heterocycles. The number of nitrogens with zero attached hydrogens (tertiary/aromatic N) is 2. The molecule has 0 spiro atoms. The van der Waals surface area contributed by atoms with Gasteiger partial charge in [-0.05, 0) is 40.5 Å². The minimum Gasteiger partial charge on any atom is -0.366 e. The third kappa shape index (κ3) is 5.05. The lowest BCUT2D eigenvalue weighted by Crippen LogP contribution is -2.30. The van der Waals surface area contributed by atoms with Crippen LogP contribution in [0.1, 0.15) is 13.3 Å². The fourth-order valence-electron chi connectivity index (χ4n) is 1.94. The van der Waals surface area contributed by atoms with Gasteiger partial charge in [-0.25, -0.2) is 17.5 Å². The number of rotatable bonds is 8. The molecule has 0 saturated heterocycles. The summed E-state index contributed by atoms with van der Waals surface area (Å²) in [5.41, 5.74) is 0.494. The number of hydrogen-bond donors (Lipinski definition) is 3. The van der Waals surface area contributed by atoms with E-state index in [4.69, 9.17) is 4.94 Å². The zero-order chi connectivity index (χ0) is 17.7. The molecule has 0 radical (unpaired) electrons. The molecule has 0 aliphatic carbocycles. The van der Waals surface area contributed by atoms with E-state index in [9.17, 15) is 18.0 Å². The second-order valence-electron chi connectivity index (χ2n) is 4.89. The molecule has 11 heteroatoms. The van der Waals surface area contributed by atoms with Gasteiger partial charge in [-0.3, -0.25) is 5.21 Å². The van der Waals surface area contributed by atoms with Crippen molar-refractivity contribution in [2.45, 2.75) is 13.3 Å². The van der Waals surface area contributed by atoms with E-state index in [2.05, 4.69) is 26.0 Å². The highest BCUT2D eigenvalue weighted by molar-refractivity contribution is 9.10. The number of halogens is 2. The lowest BCUT2D eigenvalue weighted by atomic mass is 10.3. The second-order valence-corrected chi connectivity index (χ2v) is 7.67. The highest BCUT2D eigenvalue weighted by atomic mass is 79.9. The van der Waals surface area contributed by atoms with Gasteiger partial charge in [-0.1, -0.05) is 12.2 Å². The predicted octanol–water partition coefficient (Wildman–Crippen LogP) is 1.66. The first kappa shape index (κ1) is 18.9. The van der Waals surface area contributed by atoms with Crippen LogP contribution in [0.2, 0.25) is 0 Å². The van der Waals surface area contributed by atoms with Crippen LogP contribution >= 0.6 is 15.9 Å². The third-order valence-electron chi connectivity index (χ3n) is 3.03. The zero-order valence-electron chi connectivity index (χ0n) is 12.9. The summed E-state index contributed by atoms with van der Waals surface area (Å²) >= 11 is 3.07. The number of anilines is 1. The van der Waals surface area contributed by atoms with Crippen molar-refractivity contribution in [2.24, 2.45) is 0 Å². The van der Waals surface area contributed by atoms with E-state index in [0.29, 0.717) is 30.4 Å². The first-order valence-electron chi connectivity index (χ1n) is 7.17. The molecule has 24 heavy (non-hydrogen) atoms. The molecule has 0 atom stereocenters. The van der Waals surface area contributed by atoms with E-state index >= 15 is 0 Å². The van der Waals surface area contributed by atoms with Gasteiger partial charge in [0.15, 0.2) is 5.82 Å². The fraction of sp³-hybridized carbons (Fsp3) is 0.385. The highest BCUT2D eigenvalue weighted by Gasteiger charge is 2.23. The Bertz CT molecular complexity index is 716. The van der Waals surface area contributed by atoms with Gasteiger partial charge in [0.05, 0.1) is 22.1 Å². The van der Waals surface area contributed by atoms with E-state index in [0.717, 1.165) is 0 Å². The van der Waals surface area contributed by atoms with Crippen molar-refractivity contribution in [3.63, 3.8) is 0 Å². The molecule has 0 fully saturated rings. The topological polar surface area (TPSA) is 94.1 Å². The molecule has 3 N–H and O–H groups in total. The minimum absolute atomic E-state index is 0.0258. The van der Waals surface area contributed by atoms with Crippen molar-refractivity contribution >= 4 is 31.6 Å². The number of sulfonamides is 1. The van der Waals surface area contributed by atoms with Crippen molar-refractivity contribution in [1.29, 1.82) is 0 Å². The van der Waals surface area contributed by atoms with Crippen LogP contribution in [0, 0.1) is 5.82 Å². The summed E-state index contributed by atoms with van der Waals surface area (Å²) in [5.74, 6) is -0.207.